The molecule has 0 unspecified atom stereocenters. The highest BCUT2D eigenvalue weighted by Gasteiger charge is 2.34. The Hall–Kier alpha value is -6.86. The van der Waals surface area contributed by atoms with Gasteiger partial charge in [-0.15, -0.1) is 0 Å². The van der Waals surface area contributed by atoms with Crippen LogP contribution in [0.15, 0.2) is 83.8 Å². The molecule has 2 aliphatic rings. The van der Waals surface area contributed by atoms with E-state index in [4.69, 9.17) is 18.5 Å². The summed E-state index contributed by atoms with van der Waals surface area (Å²) in [7, 11) is 0. The number of amides is 2. The van der Waals surface area contributed by atoms with Crippen LogP contribution in [0.4, 0.5) is 32.1 Å². The van der Waals surface area contributed by atoms with Crippen LogP contribution >= 0.6 is 0 Å². The van der Waals surface area contributed by atoms with E-state index in [1.165, 1.54) is 46.9 Å². The maximum absolute atomic E-state index is 14.4. The maximum Gasteiger partial charge on any atom is 0.246 e. The molecular formula is C34H34F2N12O6. The molecule has 0 saturated carbocycles. The van der Waals surface area contributed by atoms with Gasteiger partial charge in [0.2, 0.25) is 35.5 Å². The Balaban J connectivity index is 0.000000167. The number of aromatic nitrogens is 8. The van der Waals surface area contributed by atoms with Gasteiger partial charge in [-0.05, 0) is 37.1 Å². The van der Waals surface area contributed by atoms with E-state index in [0.717, 1.165) is 0 Å². The number of carbonyl (C=O) groups excluding carboxylic acids is 2. The van der Waals surface area contributed by atoms with Crippen LogP contribution in [0.2, 0.25) is 0 Å². The van der Waals surface area contributed by atoms with E-state index in [0.29, 0.717) is 46.5 Å². The second-order valence-corrected chi connectivity index (χ2v) is 12.2. The molecule has 0 radical (unpaired) electrons. The number of anilines is 4. The third kappa shape index (κ3) is 7.96. The van der Waals surface area contributed by atoms with Crippen LogP contribution in [-0.2, 0) is 9.59 Å². The van der Waals surface area contributed by atoms with Gasteiger partial charge in [-0.1, -0.05) is 23.5 Å². The van der Waals surface area contributed by atoms with Gasteiger partial charge in [-0.3, -0.25) is 9.59 Å². The Kier molecular flexibility index (Phi) is 10.4. The highest BCUT2D eigenvalue weighted by atomic mass is 19.1. The lowest BCUT2D eigenvalue weighted by Crippen LogP contribution is -2.49. The van der Waals surface area contributed by atoms with Gasteiger partial charge in [0.1, 0.15) is 59.7 Å². The molecule has 20 heteroatoms. The average molecular weight is 745 g/mol. The minimum absolute atomic E-state index is 0.121. The molecule has 2 fully saturated rings. The topological polar surface area (TPSA) is 218 Å². The summed E-state index contributed by atoms with van der Waals surface area (Å²) in [6.07, 6.45) is 7.86. The smallest absolute Gasteiger partial charge is 0.246 e. The van der Waals surface area contributed by atoms with Gasteiger partial charge in [-0.2, -0.15) is 19.9 Å². The summed E-state index contributed by atoms with van der Waals surface area (Å²) in [5, 5.41) is 14.3. The van der Waals surface area contributed by atoms with E-state index in [1.54, 1.807) is 24.5 Å². The molecule has 6 aromatic rings. The Morgan fingerprint density at radius 2 is 1.20 bits per heavy atom. The molecule has 6 aromatic heterocycles. The molecule has 280 valence electrons. The zero-order valence-electron chi connectivity index (χ0n) is 28.5. The number of carbonyl (C=O) groups is 2. The second-order valence-electron chi connectivity index (χ2n) is 12.2. The second kappa shape index (κ2) is 15.8. The molecule has 8 rings (SSSR count). The number of nitrogens with one attached hydrogen (secondary N) is 4. The fourth-order valence-electron chi connectivity index (χ4n) is 5.85. The summed E-state index contributed by atoms with van der Waals surface area (Å²) >= 11 is 0. The van der Waals surface area contributed by atoms with Gasteiger partial charge in [-0.25, -0.2) is 8.78 Å². The van der Waals surface area contributed by atoms with Crippen LogP contribution in [-0.4, -0.2) is 113 Å². The van der Waals surface area contributed by atoms with Crippen LogP contribution in [0.5, 0.6) is 11.8 Å². The van der Waals surface area contributed by atoms with Crippen molar-refractivity contribution in [3.8, 4) is 11.8 Å². The fourth-order valence-corrected chi connectivity index (χ4v) is 5.85. The summed E-state index contributed by atoms with van der Waals surface area (Å²) < 4.78 is 50.1. The van der Waals surface area contributed by atoms with Gasteiger partial charge in [0.15, 0.2) is 0 Å². The van der Waals surface area contributed by atoms with Crippen molar-refractivity contribution in [2.45, 2.75) is 37.4 Å². The fraction of sp³-hybridized carbons (Fsp3) is 0.294. The lowest BCUT2D eigenvalue weighted by molar-refractivity contribution is -0.130. The van der Waals surface area contributed by atoms with Crippen LogP contribution in [0.3, 0.4) is 0 Å². The number of ether oxygens (including phenoxy) is 2. The first-order valence-corrected chi connectivity index (χ1v) is 16.7. The molecule has 18 nitrogen and oxygen atoms in total. The Morgan fingerprint density at radius 1 is 0.759 bits per heavy atom. The number of likely N-dealkylation sites (tertiary alicyclic amines) is 2. The number of aromatic amines is 2. The van der Waals surface area contributed by atoms with Crippen molar-refractivity contribution in [3.05, 3.63) is 74.8 Å². The molecule has 0 spiro atoms. The summed E-state index contributed by atoms with van der Waals surface area (Å²) in [5.74, 6) is 0.433. The molecule has 0 aromatic carbocycles. The normalized spacial score (nSPS) is 19.8. The lowest BCUT2D eigenvalue weighted by atomic mass is 10.1. The number of rotatable bonds is 10. The summed E-state index contributed by atoms with van der Waals surface area (Å²) in [4.78, 5) is 50.1. The molecule has 0 bridgehead atoms. The van der Waals surface area contributed by atoms with Gasteiger partial charge >= 0.3 is 0 Å². The maximum atomic E-state index is 14.4. The molecule has 0 aliphatic carbocycles. The monoisotopic (exact) mass is 744 g/mol. The molecule has 8 heterocycles. The highest BCUT2D eigenvalue weighted by molar-refractivity contribution is 5.88. The number of alkyl halides is 2. The van der Waals surface area contributed by atoms with E-state index in [2.05, 4.69) is 64.0 Å². The van der Waals surface area contributed by atoms with Crippen molar-refractivity contribution in [3.63, 3.8) is 0 Å². The Labute approximate surface area is 304 Å². The number of fused-ring (bicyclic) bond motifs is 2. The van der Waals surface area contributed by atoms with E-state index in [1.807, 2.05) is 0 Å². The van der Waals surface area contributed by atoms with Crippen molar-refractivity contribution in [1.29, 1.82) is 0 Å². The SMILES string of the molecule is C=CC(=O)N1CC[C@@H](F)[C@H](Oc2nc(Nc3cnoc3)nc3[nH]ccc23)C1.C=CC(=O)N1CC[C@H](F)[C@@H](Oc2nc(Nc3cnoc3)nc3[nH]ccc23)C1. The molecule has 2 aliphatic heterocycles. The lowest BCUT2D eigenvalue weighted by Gasteiger charge is -2.34. The molecule has 2 saturated heterocycles. The first-order chi connectivity index (χ1) is 26.3. The van der Waals surface area contributed by atoms with Gasteiger partial charge in [0, 0.05) is 25.5 Å². The van der Waals surface area contributed by atoms with Crippen molar-refractivity contribution in [2.75, 3.05) is 36.8 Å². The molecule has 4 N–H and O–H groups in total. The first-order valence-electron chi connectivity index (χ1n) is 16.7. The highest BCUT2D eigenvalue weighted by Crippen LogP contribution is 2.30. The van der Waals surface area contributed by atoms with Crippen LogP contribution in [0.25, 0.3) is 22.1 Å². The van der Waals surface area contributed by atoms with Crippen molar-refractivity contribution in [2.24, 2.45) is 0 Å². The number of piperidine rings is 2. The number of H-pyrrole nitrogens is 2. The van der Waals surface area contributed by atoms with Crippen LogP contribution < -0.4 is 20.1 Å². The van der Waals surface area contributed by atoms with Gasteiger partial charge in [0.25, 0.3) is 0 Å². The van der Waals surface area contributed by atoms with E-state index >= 15 is 0 Å². The zero-order chi connectivity index (χ0) is 37.6. The molecule has 54 heavy (non-hydrogen) atoms. The first kappa shape index (κ1) is 35.5. The van der Waals surface area contributed by atoms with E-state index < -0.39 is 24.6 Å². The Bertz CT molecular complexity index is 2070. The zero-order valence-corrected chi connectivity index (χ0v) is 28.5. The quantitative estimate of drug-likeness (QED) is 0.143. The number of hydrogen-bond acceptors (Lipinski definition) is 14. The summed E-state index contributed by atoms with van der Waals surface area (Å²) in [6.45, 7) is 7.85. The molecule has 2 amide bonds. The third-order valence-electron chi connectivity index (χ3n) is 8.59. The van der Waals surface area contributed by atoms with Crippen molar-refractivity contribution in [1.82, 2.24) is 50.0 Å². The Morgan fingerprint density at radius 3 is 1.59 bits per heavy atom. The van der Waals surface area contributed by atoms with Crippen LogP contribution in [0.1, 0.15) is 12.8 Å². The minimum atomic E-state index is -1.21. The minimum Gasteiger partial charge on any atom is -0.469 e. The van der Waals surface area contributed by atoms with Crippen molar-refractivity contribution >= 4 is 57.2 Å². The molecule has 4 atom stereocenters. The number of nitrogens with zero attached hydrogens (tertiary/aromatic N) is 8. The summed E-state index contributed by atoms with van der Waals surface area (Å²) in [5.41, 5.74) is 2.19. The predicted octanol–water partition coefficient (Wildman–Crippen LogP) is 4.39. The average Bonchev–Trinajstić information content (AvgIpc) is 4.02. The van der Waals surface area contributed by atoms with Gasteiger partial charge < -0.3 is 48.9 Å². The van der Waals surface area contributed by atoms with Crippen molar-refractivity contribution < 1.29 is 36.9 Å². The third-order valence-corrected chi connectivity index (χ3v) is 8.59. The van der Waals surface area contributed by atoms with E-state index in [-0.39, 0.29) is 61.4 Å². The largest absolute Gasteiger partial charge is 0.469 e. The predicted molar refractivity (Wildman–Crippen MR) is 189 cm³/mol. The van der Waals surface area contributed by atoms with E-state index in [9.17, 15) is 18.4 Å². The number of halogens is 2. The van der Waals surface area contributed by atoms with Gasteiger partial charge in [0.05, 0.1) is 36.3 Å². The standard InChI is InChI=1S/2C17H17FN6O3/c2*1-2-14(25)24-6-4-12(18)13(8-24)27-16-11-3-5-19-15(11)22-17(23-16)21-10-7-20-26-9-10/h2*2-3,5,7,9,12-13H,1,4,6,8H2,(H2,19,21,22,23)/t2*12-,13-/m10/s1. The molecular weight excluding hydrogens is 710 g/mol. The van der Waals surface area contributed by atoms with Crippen LogP contribution in [0, 0.1) is 0 Å². The summed E-state index contributed by atoms with van der Waals surface area (Å²) in [6, 6.07) is 3.49. The number of hydrogen-bond donors (Lipinski definition) is 4.